The summed E-state index contributed by atoms with van der Waals surface area (Å²) in [5.41, 5.74) is 0. The lowest BCUT2D eigenvalue weighted by Gasteiger charge is -2.38. The molecule has 0 N–H and O–H groups in total. The number of rotatable bonds is 13. The quantitative estimate of drug-likeness (QED) is 0.305. The van der Waals surface area contributed by atoms with Gasteiger partial charge in [0.25, 0.3) is 0 Å². The Balaban J connectivity index is 4.81. The highest BCUT2D eigenvalue weighted by Gasteiger charge is 2.31. The van der Waals surface area contributed by atoms with Crippen molar-refractivity contribution in [2.24, 2.45) is 29.6 Å². The van der Waals surface area contributed by atoms with Gasteiger partial charge in [-0.1, -0.05) is 99.8 Å². The Bertz CT molecular complexity index is 216. The summed E-state index contributed by atoms with van der Waals surface area (Å²) in [5, 5.41) is 0. The molecule has 0 saturated heterocycles. The first-order valence-corrected chi connectivity index (χ1v) is 10.1. The van der Waals surface area contributed by atoms with Crippen LogP contribution in [0.4, 0.5) is 0 Å². The van der Waals surface area contributed by atoms with Crippen LogP contribution in [0.1, 0.15) is 106 Å². The maximum atomic E-state index is 2.57. The predicted octanol–water partition coefficient (Wildman–Crippen LogP) is 7.72. The van der Waals surface area contributed by atoms with Crippen molar-refractivity contribution in [1.82, 2.24) is 0 Å². The molecule has 0 rings (SSSR count). The molecule has 0 heterocycles. The fourth-order valence-corrected chi connectivity index (χ4v) is 4.54. The highest BCUT2D eigenvalue weighted by atomic mass is 14.4. The van der Waals surface area contributed by atoms with Crippen LogP contribution in [0.25, 0.3) is 0 Å². The minimum absolute atomic E-state index is 0.887. The number of hydrogen-bond acceptors (Lipinski definition) is 0. The Morgan fingerprint density at radius 2 is 1.24 bits per heavy atom. The van der Waals surface area contributed by atoms with E-state index in [0.717, 1.165) is 29.6 Å². The van der Waals surface area contributed by atoms with Crippen LogP contribution in [0.2, 0.25) is 0 Å². The SMILES string of the molecule is CCCCCCC(C(CC)CC)C(C)C(CC)C(C)CC. The highest BCUT2D eigenvalue weighted by Crippen LogP contribution is 2.39. The lowest BCUT2D eigenvalue weighted by Crippen LogP contribution is -2.30. The van der Waals surface area contributed by atoms with Gasteiger partial charge in [-0.05, 0) is 36.0 Å². The zero-order valence-electron chi connectivity index (χ0n) is 16.3. The molecule has 4 atom stereocenters. The molecule has 0 aliphatic carbocycles. The molecule has 0 heteroatoms. The minimum atomic E-state index is 0.887. The van der Waals surface area contributed by atoms with Crippen molar-refractivity contribution in [2.45, 2.75) is 106 Å². The van der Waals surface area contributed by atoms with Crippen LogP contribution in [0.3, 0.4) is 0 Å². The molecule has 0 saturated carbocycles. The van der Waals surface area contributed by atoms with E-state index in [0.29, 0.717) is 0 Å². The molecule has 0 aliphatic rings. The molecule has 128 valence electrons. The fraction of sp³-hybridized carbons (Fsp3) is 1.00. The van der Waals surface area contributed by atoms with Crippen molar-refractivity contribution in [2.75, 3.05) is 0 Å². The molecule has 0 radical (unpaired) electrons. The lowest BCUT2D eigenvalue weighted by molar-refractivity contribution is 0.115. The molecule has 0 aliphatic heterocycles. The van der Waals surface area contributed by atoms with Crippen LogP contribution in [-0.2, 0) is 0 Å². The third-order valence-corrected chi connectivity index (χ3v) is 6.24. The second kappa shape index (κ2) is 12.5. The molecule has 21 heavy (non-hydrogen) atoms. The van der Waals surface area contributed by atoms with E-state index in [1.54, 1.807) is 0 Å². The van der Waals surface area contributed by atoms with Gasteiger partial charge in [0.2, 0.25) is 0 Å². The normalized spacial score (nSPS) is 17.7. The summed E-state index contributed by atoms with van der Waals surface area (Å²) in [6, 6.07) is 0. The van der Waals surface area contributed by atoms with Crippen LogP contribution >= 0.6 is 0 Å². The molecule has 0 bridgehead atoms. The third-order valence-electron chi connectivity index (χ3n) is 6.24. The smallest absolute Gasteiger partial charge is 0.0358 e. The first kappa shape index (κ1) is 21.0. The van der Waals surface area contributed by atoms with E-state index in [-0.39, 0.29) is 0 Å². The van der Waals surface area contributed by atoms with E-state index >= 15 is 0 Å². The van der Waals surface area contributed by atoms with Gasteiger partial charge in [0.05, 0.1) is 0 Å². The second-order valence-electron chi connectivity index (χ2n) is 7.41. The van der Waals surface area contributed by atoms with E-state index in [4.69, 9.17) is 0 Å². The standard InChI is InChI=1S/C21H44/c1-8-13-14-15-16-21(19(10-3)11-4)18(7)20(12-5)17(6)9-2/h17-21H,8-16H2,1-7H3. The lowest BCUT2D eigenvalue weighted by atomic mass is 9.67. The number of hydrogen-bond donors (Lipinski definition) is 0. The molecule has 4 unspecified atom stereocenters. The maximum absolute atomic E-state index is 2.57. The topological polar surface area (TPSA) is 0 Å². The van der Waals surface area contributed by atoms with Gasteiger partial charge >= 0.3 is 0 Å². The molecule has 0 spiro atoms. The maximum Gasteiger partial charge on any atom is -0.0358 e. The average Bonchev–Trinajstić information content (AvgIpc) is 2.50. The van der Waals surface area contributed by atoms with Gasteiger partial charge in [-0.3, -0.25) is 0 Å². The van der Waals surface area contributed by atoms with Crippen LogP contribution in [-0.4, -0.2) is 0 Å². The molecule has 0 aromatic heterocycles. The van der Waals surface area contributed by atoms with Crippen molar-refractivity contribution in [3.63, 3.8) is 0 Å². The van der Waals surface area contributed by atoms with E-state index < -0.39 is 0 Å². The Morgan fingerprint density at radius 1 is 0.619 bits per heavy atom. The zero-order valence-corrected chi connectivity index (χ0v) is 16.3. The zero-order chi connectivity index (χ0) is 16.3. The predicted molar refractivity (Wildman–Crippen MR) is 98.7 cm³/mol. The van der Waals surface area contributed by atoms with Gasteiger partial charge < -0.3 is 0 Å². The Kier molecular flexibility index (Phi) is 12.5. The fourth-order valence-electron chi connectivity index (χ4n) is 4.54. The van der Waals surface area contributed by atoms with Gasteiger partial charge in [0, 0.05) is 0 Å². The van der Waals surface area contributed by atoms with Crippen molar-refractivity contribution in [3.8, 4) is 0 Å². The van der Waals surface area contributed by atoms with Crippen molar-refractivity contribution in [1.29, 1.82) is 0 Å². The molecule has 0 aromatic carbocycles. The molecule has 0 amide bonds. The Morgan fingerprint density at radius 3 is 1.67 bits per heavy atom. The Labute approximate surface area is 136 Å². The summed E-state index contributed by atoms with van der Waals surface area (Å²) in [7, 11) is 0. The molecular weight excluding hydrogens is 252 g/mol. The van der Waals surface area contributed by atoms with Crippen molar-refractivity contribution in [3.05, 3.63) is 0 Å². The first-order chi connectivity index (χ1) is 10.1. The van der Waals surface area contributed by atoms with E-state index in [9.17, 15) is 0 Å². The third kappa shape index (κ3) is 7.20. The van der Waals surface area contributed by atoms with E-state index in [1.807, 2.05) is 0 Å². The van der Waals surface area contributed by atoms with E-state index in [1.165, 1.54) is 57.8 Å². The molecule has 0 nitrogen and oxygen atoms in total. The van der Waals surface area contributed by atoms with Crippen LogP contribution in [0, 0.1) is 29.6 Å². The molecule has 0 fully saturated rings. The largest absolute Gasteiger partial charge is 0.0654 e. The summed E-state index contributed by atoms with van der Waals surface area (Å²) in [6.45, 7) is 17.0. The Hall–Kier alpha value is 0. The van der Waals surface area contributed by atoms with Crippen LogP contribution < -0.4 is 0 Å². The van der Waals surface area contributed by atoms with Crippen molar-refractivity contribution < 1.29 is 0 Å². The van der Waals surface area contributed by atoms with Gasteiger partial charge in [0.1, 0.15) is 0 Å². The summed E-state index contributed by atoms with van der Waals surface area (Å²) in [5.74, 6) is 4.61. The molecule has 0 aromatic rings. The van der Waals surface area contributed by atoms with Gasteiger partial charge in [0.15, 0.2) is 0 Å². The number of unbranched alkanes of at least 4 members (excludes halogenated alkanes) is 3. The summed E-state index contributed by atoms with van der Waals surface area (Å²) >= 11 is 0. The van der Waals surface area contributed by atoms with Crippen molar-refractivity contribution >= 4 is 0 Å². The minimum Gasteiger partial charge on any atom is -0.0654 e. The summed E-state index contributed by atoms with van der Waals surface area (Å²) < 4.78 is 0. The monoisotopic (exact) mass is 296 g/mol. The summed E-state index contributed by atoms with van der Waals surface area (Å²) in [4.78, 5) is 0. The molecular formula is C21H44. The van der Waals surface area contributed by atoms with E-state index in [2.05, 4.69) is 48.5 Å². The van der Waals surface area contributed by atoms with Gasteiger partial charge in [-0.2, -0.15) is 0 Å². The first-order valence-electron chi connectivity index (χ1n) is 10.1. The van der Waals surface area contributed by atoms with Gasteiger partial charge in [-0.25, -0.2) is 0 Å². The summed E-state index contributed by atoms with van der Waals surface area (Å²) in [6.07, 6.45) is 12.6. The van der Waals surface area contributed by atoms with Crippen LogP contribution in [0.15, 0.2) is 0 Å². The second-order valence-corrected chi connectivity index (χ2v) is 7.41. The average molecular weight is 297 g/mol. The van der Waals surface area contributed by atoms with Crippen LogP contribution in [0.5, 0.6) is 0 Å². The van der Waals surface area contributed by atoms with Gasteiger partial charge in [-0.15, -0.1) is 0 Å². The highest BCUT2D eigenvalue weighted by molar-refractivity contribution is 4.80.